The predicted molar refractivity (Wildman–Crippen MR) is 93.7 cm³/mol. The first kappa shape index (κ1) is 19.1. The molecule has 0 unspecified atom stereocenters. The summed E-state index contributed by atoms with van der Waals surface area (Å²) in [6, 6.07) is 9.48. The van der Waals surface area contributed by atoms with Crippen molar-refractivity contribution >= 4 is 5.91 Å². The molecule has 0 fully saturated rings. The summed E-state index contributed by atoms with van der Waals surface area (Å²) in [6.07, 6.45) is 0. The van der Waals surface area contributed by atoms with Gasteiger partial charge in [-0.05, 0) is 50.8 Å². The highest BCUT2D eigenvalue weighted by atomic mass is 19.1. The van der Waals surface area contributed by atoms with Crippen LogP contribution >= 0.6 is 0 Å². The zero-order valence-electron chi connectivity index (χ0n) is 15.2. The Hall–Kier alpha value is -2.18. The van der Waals surface area contributed by atoms with E-state index in [-0.39, 0.29) is 17.8 Å². The van der Waals surface area contributed by atoms with Crippen molar-refractivity contribution in [1.82, 2.24) is 9.80 Å². The number of carbonyl (C=O) groups excluding carboxylic acids is 1. The van der Waals surface area contributed by atoms with Gasteiger partial charge < -0.3 is 19.0 Å². The molecule has 1 atom stereocenters. The van der Waals surface area contributed by atoms with E-state index in [9.17, 15) is 9.18 Å². The summed E-state index contributed by atoms with van der Waals surface area (Å²) in [5.41, 5.74) is 0.845. The minimum atomic E-state index is -0.300. The third-order valence-corrected chi connectivity index (χ3v) is 3.81. The molecule has 2 rings (SSSR count). The van der Waals surface area contributed by atoms with Crippen LogP contribution < -0.4 is 0 Å². The highest BCUT2D eigenvalue weighted by Crippen LogP contribution is 2.17. The number of amides is 1. The van der Waals surface area contributed by atoms with E-state index in [0.29, 0.717) is 25.5 Å². The van der Waals surface area contributed by atoms with Crippen LogP contribution in [-0.2, 0) is 17.8 Å². The molecule has 0 N–H and O–H groups in total. The summed E-state index contributed by atoms with van der Waals surface area (Å²) in [4.78, 5) is 16.6. The lowest BCUT2D eigenvalue weighted by Gasteiger charge is -2.28. The van der Waals surface area contributed by atoms with E-state index in [1.807, 2.05) is 32.0 Å². The topological polar surface area (TPSA) is 45.9 Å². The first-order valence-electron chi connectivity index (χ1n) is 8.18. The Morgan fingerprint density at radius 3 is 2.44 bits per heavy atom. The molecule has 0 aliphatic rings. The van der Waals surface area contributed by atoms with Crippen molar-refractivity contribution in [2.45, 2.75) is 26.1 Å². The van der Waals surface area contributed by atoms with Crippen LogP contribution in [0.5, 0.6) is 0 Å². The summed E-state index contributed by atoms with van der Waals surface area (Å²) in [5, 5.41) is 0. The quantitative estimate of drug-likeness (QED) is 0.735. The van der Waals surface area contributed by atoms with Gasteiger partial charge in [-0.2, -0.15) is 0 Å². The van der Waals surface area contributed by atoms with Crippen LogP contribution in [0.4, 0.5) is 4.39 Å². The van der Waals surface area contributed by atoms with Gasteiger partial charge in [0.25, 0.3) is 5.91 Å². The number of methoxy groups -OCH3 is 1. The van der Waals surface area contributed by atoms with Gasteiger partial charge >= 0.3 is 0 Å². The highest BCUT2D eigenvalue weighted by molar-refractivity contribution is 5.91. The molecule has 0 aliphatic carbocycles. The van der Waals surface area contributed by atoms with Crippen LogP contribution in [0.1, 0.15) is 28.8 Å². The van der Waals surface area contributed by atoms with Crippen molar-refractivity contribution in [1.29, 1.82) is 0 Å². The van der Waals surface area contributed by atoms with Crippen molar-refractivity contribution in [3.63, 3.8) is 0 Å². The normalized spacial score (nSPS) is 12.4. The molecule has 2 aromatic rings. The SMILES string of the molecule is COC[C@@H](C)N(Cc1ccc(F)cc1)C(=O)c1ccc(CN(C)C)o1. The molecule has 136 valence electrons. The number of hydrogen-bond acceptors (Lipinski definition) is 4. The van der Waals surface area contributed by atoms with Gasteiger partial charge in [-0.25, -0.2) is 4.39 Å². The van der Waals surface area contributed by atoms with Gasteiger partial charge in [-0.3, -0.25) is 4.79 Å². The van der Waals surface area contributed by atoms with Gasteiger partial charge in [-0.1, -0.05) is 12.1 Å². The van der Waals surface area contributed by atoms with Crippen molar-refractivity contribution < 1.29 is 18.3 Å². The second-order valence-corrected chi connectivity index (χ2v) is 6.37. The van der Waals surface area contributed by atoms with Crippen LogP contribution in [0, 0.1) is 5.82 Å². The Morgan fingerprint density at radius 1 is 1.16 bits per heavy atom. The van der Waals surface area contributed by atoms with Crippen molar-refractivity contribution in [3.8, 4) is 0 Å². The molecule has 0 saturated heterocycles. The second kappa shape index (κ2) is 8.78. The Bertz CT molecular complexity index is 682. The summed E-state index contributed by atoms with van der Waals surface area (Å²) in [7, 11) is 5.47. The molecule has 1 heterocycles. The van der Waals surface area contributed by atoms with E-state index < -0.39 is 0 Å². The van der Waals surface area contributed by atoms with Crippen LogP contribution in [0.15, 0.2) is 40.8 Å². The predicted octanol–water partition coefficient (Wildman–Crippen LogP) is 3.16. The number of halogens is 1. The van der Waals surface area contributed by atoms with Gasteiger partial charge in [-0.15, -0.1) is 0 Å². The van der Waals surface area contributed by atoms with Crippen LogP contribution in [-0.4, -0.2) is 49.6 Å². The maximum atomic E-state index is 13.1. The Kier molecular flexibility index (Phi) is 6.73. The molecule has 0 radical (unpaired) electrons. The van der Waals surface area contributed by atoms with Crippen LogP contribution in [0.25, 0.3) is 0 Å². The van der Waals surface area contributed by atoms with Gasteiger partial charge in [0.1, 0.15) is 11.6 Å². The van der Waals surface area contributed by atoms with E-state index in [1.165, 1.54) is 12.1 Å². The molecule has 25 heavy (non-hydrogen) atoms. The lowest BCUT2D eigenvalue weighted by atomic mass is 10.1. The van der Waals surface area contributed by atoms with E-state index in [0.717, 1.165) is 11.3 Å². The monoisotopic (exact) mass is 348 g/mol. The Morgan fingerprint density at radius 2 is 1.84 bits per heavy atom. The number of ether oxygens (including phenoxy) is 1. The third kappa shape index (κ3) is 5.41. The number of rotatable bonds is 8. The number of nitrogens with zero attached hydrogens (tertiary/aromatic N) is 2. The summed E-state index contributed by atoms with van der Waals surface area (Å²) >= 11 is 0. The summed E-state index contributed by atoms with van der Waals surface area (Å²) < 4.78 is 24.0. The molecule has 0 aliphatic heterocycles. The summed E-state index contributed by atoms with van der Waals surface area (Å²) in [6.45, 7) is 3.29. The maximum Gasteiger partial charge on any atom is 0.290 e. The zero-order valence-corrected chi connectivity index (χ0v) is 15.2. The van der Waals surface area contributed by atoms with Crippen LogP contribution in [0.2, 0.25) is 0 Å². The zero-order chi connectivity index (χ0) is 18.4. The first-order chi connectivity index (χ1) is 11.9. The number of hydrogen-bond donors (Lipinski definition) is 0. The standard InChI is InChI=1S/C19H25FN2O3/c1-14(13-24-4)22(11-15-5-7-16(20)8-6-15)19(23)18-10-9-17(25-18)12-21(2)3/h5-10,14H,11-13H2,1-4H3/t14-/m1/s1. The molecule has 1 amide bonds. The molecular weight excluding hydrogens is 323 g/mol. The molecule has 1 aromatic heterocycles. The van der Waals surface area contributed by atoms with Gasteiger partial charge in [0, 0.05) is 13.7 Å². The highest BCUT2D eigenvalue weighted by Gasteiger charge is 2.24. The van der Waals surface area contributed by atoms with Crippen molar-refractivity contribution in [2.75, 3.05) is 27.8 Å². The van der Waals surface area contributed by atoms with Crippen molar-refractivity contribution in [3.05, 3.63) is 59.3 Å². The largest absolute Gasteiger partial charge is 0.455 e. The minimum absolute atomic E-state index is 0.148. The molecule has 0 bridgehead atoms. The third-order valence-electron chi connectivity index (χ3n) is 3.81. The molecule has 5 nitrogen and oxygen atoms in total. The lowest BCUT2D eigenvalue weighted by molar-refractivity contribution is 0.0510. The van der Waals surface area contributed by atoms with Gasteiger partial charge in [0.2, 0.25) is 0 Å². The fourth-order valence-electron chi connectivity index (χ4n) is 2.58. The van der Waals surface area contributed by atoms with E-state index in [4.69, 9.17) is 9.15 Å². The molecular formula is C19H25FN2O3. The second-order valence-electron chi connectivity index (χ2n) is 6.37. The smallest absolute Gasteiger partial charge is 0.290 e. The fourth-order valence-corrected chi connectivity index (χ4v) is 2.58. The molecule has 6 heteroatoms. The minimum Gasteiger partial charge on any atom is -0.455 e. The molecule has 1 aromatic carbocycles. The lowest BCUT2D eigenvalue weighted by Crippen LogP contribution is -2.40. The van der Waals surface area contributed by atoms with E-state index in [1.54, 1.807) is 30.2 Å². The number of carbonyl (C=O) groups is 1. The summed E-state index contributed by atoms with van der Waals surface area (Å²) in [5.74, 6) is 0.515. The van der Waals surface area contributed by atoms with Gasteiger partial charge in [0.05, 0.1) is 19.2 Å². The first-order valence-corrected chi connectivity index (χ1v) is 8.18. The molecule has 0 spiro atoms. The Balaban J connectivity index is 2.20. The number of benzene rings is 1. The van der Waals surface area contributed by atoms with Crippen LogP contribution in [0.3, 0.4) is 0 Å². The van der Waals surface area contributed by atoms with E-state index >= 15 is 0 Å². The fraction of sp³-hybridized carbons (Fsp3) is 0.421. The van der Waals surface area contributed by atoms with Gasteiger partial charge in [0.15, 0.2) is 5.76 Å². The maximum absolute atomic E-state index is 13.1. The number of furan rings is 1. The van der Waals surface area contributed by atoms with Crippen molar-refractivity contribution in [2.24, 2.45) is 0 Å². The molecule has 0 saturated carbocycles. The Labute approximate surface area is 148 Å². The average molecular weight is 348 g/mol. The average Bonchev–Trinajstić information content (AvgIpc) is 3.01. The van der Waals surface area contributed by atoms with E-state index in [2.05, 4.69) is 0 Å².